The molecule has 0 spiro atoms. The van der Waals surface area contributed by atoms with E-state index in [0.29, 0.717) is 27.6 Å². The molecular formula is C20H13ClF3N5O2S. The van der Waals surface area contributed by atoms with E-state index >= 15 is 0 Å². The third-order valence-electron chi connectivity index (χ3n) is 4.57. The van der Waals surface area contributed by atoms with Crippen LogP contribution < -0.4 is 11.1 Å². The van der Waals surface area contributed by atoms with Crippen LogP contribution >= 0.6 is 22.9 Å². The molecule has 0 aliphatic carbocycles. The standard InChI is InChI=1S/C20H13ClF3N5O2S/c1-8-6-13(20(22,23)24)26-19-14(8)15(16(32-19)17(25)30)27-18(31)12-7-11(28-29-12)9-2-4-10(21)5-3-9/h2-7H,1H3,(H2,25,30)(H,27,31)(H,28,29). The molecule has 0 atom stereocenters. The molecule has 0 unspecified atom stereocenters. The minimum atomic E-state index is -4.66. The van der Waals surface area contributed by atoms with E-state index in [0.717, 1.165) is 6.07 Å². The molecule has 4 rings (SSSR count). The lowest BCUT2D eigenvalue weighted by molar-refractivity contribution is -0.141. The van der Waals surface area contributed by atoms with Crippen molar-refractivity contribution in [2.24, 2.45) is 5.73 Å². The van der Waals surface area contributed by atoms with E-state index in [4.69, 9.17) is 17.3 Å². The first-order valence-corrected chi connectivity index (χ1v) is 10.2. The van der Waals surface area contributed by atoms with Gasteiger partial charge in [-0.15, -0.1) is 11.3 Å². The van der Waals surface area contributed by atoms with Crippen molar-refractivity contribution in [2.75, 3.05) is 5.32 Å². The molecule has 1 aromatic carbocycles. The Bertz CT molecular complexity index is 1360. The number of benzene rings is 1. The van der Waals surface area contributed by atoms with Crippen LogP contribution in [0.25, 0.3) is 21.5 Å². The summed E-state index contributed by atoms with van der Waals surface area (Å²) in [4.78, 5) is 28.2. The number of H-pyrrole nitrogens is 1. The SMILES string of the molecule is Cc1cc(C(F)(F)F)nc2sc(C(N)=O)c(NC(=O)c3cc(-c4ccc(Cl)cc4)n[nH]3)c12. The highest BCUT2D eigenvalue weighted by atomic mass is 35.5. The number of carbonyl (C=O) groups excluding carboxylic acids is 2. The summed E-state index contributed by atoms with van der Waals surface area (Å²) in [7, 11) is 0. The highest BCUT2D eigenvalue weighted by Gasteiger charge is 2.34. The molecule has 3 heterocycles. The minimum absolute atomic E-state index is 0.00358. The molecule has 7 nitrogen and oxygen atoms in total. The van der Waals surface area contributed by atoms with Gasteiger partial charge >= 0.3 is 6.18 Å². The topological polar surface area (TPSA) is 114 Å². The molecule has 0 saturated heterocycles. The van der Waals surface area contributed by atoms with Gasteiger partial charge in [0.2, 0.25) is 0 Å². The van der Waals surface area contributed by atoms with Gasteiger partial charge in [0.25, 0.3) is 11.8 Å². The first kappa shape index (κ1) is 21.8. The van der Waals surface area contributed by atoms with E-state index in [1.54, 1.807) is 24.3 Å². The lowest BCUT2D eigenvalue weighted by Gasteiger charge is -2.09. The number of nitrogens with one attached hydrogen (secondary N) is 2. The number of aromatic nitrogens is 3. The summed E-state index contributed by atoms with van der Waals surface area (Å²) < 4.78 is 39.4. The Labute approximate surface area is 187 Å². The van der Waals surface area contributed by atoms with Crippen molar-refractivity contribution in [3.63, 3.8) is 0 Å². The van der Waals surface area contributed by atoms with Gasteiger partial charge in [-0.05, 0) is 36.8 Å². The minimum Gasteiger partial charge on any atom is -0.365 e. The first-order chi connectivity index (χ1) is 15.0. The molecule has 12 heteroatoms. The van der Waals surface area contributed by atoms with Crippen LogP contribution in [0.1, 0.15) is 31.4 Å². The van der Waals surface area contributed by atoms with Gasteiger partial charge in [-0.1, -0.05) is 23.7 Å². The largest absolute Gasteiger partial charge is 0.433 e. The Balaban J connectivity index is 1.72. The number of carbonyl (C=O) groups is 2. The number of primary amides is 1. The second-order valence-corrected chi connectivity index (χ2v) is 8.24. The normalized spacial score (nSPS) is 11.7. The maximum Gasteiger partial charge on any atom is 0.433 e. The van der Waals surface area contributed by atoms with Gasteiger partial charge in [-0.25, -0.2) is 4.98 Å². The van der Waals surface area contributed by atoms with Crippen LogP contribution in [-0.2, 0) is 6.18 Å². The van der Waals surface area contributed by atoms with Crippen LogP contribution in [0, 0.1) is 6.92 Å². The molecular weight excluding hydrogens is 467 g/mol. The third kappa shape index (κ3) is 4.04. The van der Waals surface area contributed by atoms with Gasteiger partial charge in [0.05, 0.1) is 11.4 Å². The van der Waals surface area contributed by atoms with Crippen molar-refractivity contribution in [1.82, 2.24) is 15.2 Å². The third-order valence-corrected chi connectivity index (χ3v) is 5.92. The van der Waals surface area contributed by atoms with E-state index in [-0.39, 0.29) is 32.0 Å². The monoisotopic (exact) mass is 479 g/mol. The molecule has 0 bridgehead atoms. The van der Waals surface area contributed by atoms with Crippen molar-refractivity contribution in [2.45, 2.75) is 13.1 Å². The average Bonchev–Trinajstić information content (AvgIpc) is 3.33. The Morgan fingerprint density at radius 1 is 1.19 bits per heavy atom. The van der Waals surface area contributed by atoms with Crippen molar-refractivity contribution >= 4 is 50.7 Å². The highest BCUT2D eigenvalue weighted by molar-refractivity contribution is 7.21. The van der Waals surface area contributed by atoms with Gasteiger partial charge in [-0.2, -0.15) is 18.3 Å². The van der Waals surface area contributed by atoms with E-state index in [2.05, 4.69) is 20.5 Å². The molecule has 4 N–H and O–H groups in total. The van der Waals surface area contributed by atoms with Crippen LogP contribution in [0.4, 0.5) is 18.9 Å². The predicted octanol–water partition coefficient (Wildman–Crippen LogP) is 5.02. The Morgan fingerprint density at radius 3 is 2.50 bits per heavy atom. The van der Waals surface area contributed by atoms with E-state index in [9.17, 15) is 22.8 Å². The summed E-state index contributed by atoms with van der Waals surface area (Å²) in [6.07, 6.45) is -4.66. The number of nitrogens with two attached hydrogens (primary N) is 1. The summed E-state index contributed by atoms with van der Waals surface area (Å²) in [5.74, 6) is -1.55. The fraction of sp³-hybridized carbons (Fsp3) is 0.100. The number of anilines is 1. The molecule has 2 amide bonds. The van der Waals surface area contributed by atoms with Gasteiger partial charge in [-0.3, -0.25) is 14.7 Å². The molecule has 0 aliphatic rings. The van der Waals surface area contributed by atoms with Crippen LogP contribution in [0.5, 0.6) is 0 Å². The predicted molar refractivity (Wildman–Crippen MR) is 115 cm³/mol. The molecule has 32 heavy (non-hydrogen) atoms. The molecule has 0 aliphatic heterocycles. The number of aryl methyl sites for hydroxylation is 1. The zero-order chi connectivity index (χ0) is 23.2. The molecule has 3 aromatic heterocycles. The summed E-state index contributed by atoms with van der Waals surface area (Å²) in [6, 6.07) is 9.14. The number of nitrogens with zero attached hydrogens (tertiary/aromatic N) is 2. The zero-order valence-electron chi connectivity index (χ0n) is 16.2. The number of halogens is 4. The Morgan fingerprint density at radius 2 is 1.88 bits per heavy atom. The van der Waals surface area contributed by atoms with Crippen LogP contribution in [0.15, 0.2) is 36.4 Å². The average molecular weight is 480 g/mol. The number of pyridine rings is 1. The molecule has 0 radical (unpaired) electrons. The summed E-state index contributed by atoms with van der Waals surface area (Å²) in [6.45, 7) is 1.43. The van der Waals surface area contributed by atoms with Gasteiger partial charge in [0, 0.05) is 16.0 Å². The summed E-state index contributed by atoms with van der Waals surface area (Å²) in [5.41, 5.74) is 5.75. The van der Waals surface area contributed by atoms with Crippen LogP contribution in [0.3, 0.4) is 0 Å². The van der Waals surface area contributed by atoms with Crippen molar-refractivity contribution in [3.8, 4) is 11.3 Å². The van der Waals surface area contributed by atoms with E-state index in [1.807, 2.05) is 0 Å². The Hall–Kier alpha value is -3.44. The van der Waals surface area contributed by atoms with Gasteiger partial charge < -0.3 is 11.1 Å². The lowest BCUT2D eigenvalue weighted by atomic mass is 10.1. The maximum atomic E-state index is 13.1. The van der Waals surface area contributed by atoms with Crippen molar-refractivity contribution in [3.05, 3.63) is 63.2 Å². The molecule has 0 saturated carbocycles. The number of hydrogen-bond donors (Lipinski definition) is 3. The fourth-order valence-corrected chi connectivity index (χ4v) is 4.29. The second kappa shape index (κ2) is 7.92. The number of rotatable bonds is 4. The van der Waals surface area contributed by atoms with Gasteiger partial charge in [0.15, 0.2) is 0 Å². The van der Waals surface area contributed by atoms with Crippen LogP contribution in [0.2, 0.25) is 5.02 Å². The quantitative estimate of drug-likeness (QED) is 0.381. The lowest BCUT2D eigenvalue weighted by Crippen LogP contribution is -2.17. The molecule has 0 fully saturated rings. The summed E-state index contributed by atoms with van der Waals surface area (Å²) >= 11 is 6.55. The molecule has 4 aromatic rings. The maximum absolute atomic E-state index is 13.1. The first-order valence-electron chi connectivity index (χ1n) is 8.98. The number of alkyl halides is 3. The zero-order valence-corrected chi connectivity index (χ0v) is 17.7. The number of aromatic amines is 1. The molecule has 164 valence electrons. The van der Waals surface area contributed by atoms with E-state index in [1.165, 1.54) is 13.0 Å². The number of hydrogen-bond acceptors (Lipinski definition) is 5. The summed E-state index contributed by atoms with van der Waals surface area (Å²) in [5, 5.41) is 10.0. The fourth-order valence-electron chi connectivity index (χ4n) is 3.11. The smallest absolute Gasteiger partial charge is 0.365 e. The Kier molecular flexibility index (Phi) is 5.39. The van der Waals surface area contributed by atoms with Crippen molar-refractivity contribution < 1.29 is 22.8 Å². The van der Waals surface area contributed by atoms with E-state index < -0.39 is 23.7 Å². The van der Waals surface area contributed by atoms with Gasteiger partial charge in [0.1, 0.15) is 21.1 Å². The second-order valence-electron chi connectivity index (χ2n) is 6.80. The number of amides is 2. The number of thiophene rings is 1. The highest BCUT2D eigenvalue weighted by Crippen LogP contribution is 2.39. The van der Waals surface area contributed by atoms with Crippen LogP contribution in [-0.4, -0.2) is 27.0 Å². The number of fused-ring (bicyclic) bond motifs is 1. The van der Waals surface area contributed by atoms with Crippen molar-refractivity contribution in [1.29, 1.82) is 0 Å².